The lowest BCUT2D eigenvalue weighted by atomic mass is 9.84. The van der Waals surface area contributed by atoms with Crippen LogP contribution in [0.1, 0.15) is 30.0 Å². The predicted octanol–water partition coefficient (Wildman–Crippen LogP) is 4.10. The van der Waals surface area contributed by atoms with Crippen molar-refractivity contribution in [3.05, 3.63) is 120 Å². The van der Waals surface area contributed by atoms with Crippen LogP contribution in [0.5, 0.6) is 0 Å². The Balaban J connectivity index is 1.54. The SMILES string of the molecule is C=C[C@]1(CCO)O[C@@H](O[C@H]2[C@H](OCc3ccccc3)[C@@H](OCc3ccccc3)[C@@H](OC)O[C@@H]2COCc2ccccc2)[C@@H](OC(C)=O)[C@@H](OC)[C@@H]1O. The number of esters is 1. The van der Waals surface area contributed by atoms with Gasteiger partial charge < -0.3 is 52.8 Å². The van der Waals surface area contributed by atoms with E-state index in [0.717, 1.165) is 16.7 Å². The number of aliphatic hydroxyl groups excluding tert-OH is 2. The summed E-state index contributed by atoms with van der Waals surface area (Å²) in [6, 6.07) is 29.0. The molecule has 2 fully saturated rings. The Morgan fingerprint density at radius 1 is 0.769 bits per heavy atom. The molecular formula is C40H50O12. The van der Waals surface area contributed by atoms with Crippen LogP contribution in [0.3, 0.4) is 0 Å². The lowest BCUT2D eigenvalue weighted by Crippen LogP contribution is -2.68. The Kier molecular flexibility index (Phi) is 14.9. The van der Waals surface area contributed by atoms with Crippen LogP contribution in [0.2, 0.25) is 0 Å². The van der Waals surface area contributed by atoms with E-state index in [-0.39, 0.29) is 32.8 Å². The number of aliphatic hydroxyl groups is 2. The number of hydrogen-bond donors (Lipinski definition) is 2. The maximum atomic E-state index is 12.5. The van der Waals surface area contributed by atoms with Crippen LogP contribution in [0.15, 0.2) is 104 Å². The van der Waals surface area contributed by atoms with Gasteiger partial charge in [0.25, 0.3) is 0 Å². The normalized spacial score (nSPS) is 30.4. The lowest BCUT2D eigenvalue weighted by molar-refractivity contribution is -0.376. The zero-order valence-corrected chi connectivity index (χ0v) is 29.9. The Hall–Kier alpha value is -3.53. The fraction of sp³-hybridized carbons (Fsp3) is 0.475. The molecule has 5 rings (SSSR count). The molecule has 10 atom stereocenters. The van der Waals surface area contributed by atoms with E-state index in [0.29, 0.717) is 6.61 Å². The Morgan fingerprint density at radius 2 is 1.33 bits per heavy atom. The summed E-state index contributed by atoms with van der Waals surface area (Å²) in [6.45, 7) is 5.52. The Morgan fingerprint density at radius 3 is 1.83 bits per heavy atom. The van der Waals surface area contributed by atoms with Gasteiger partial charge in [0.05, 0.1) is 26.4 Å². The molecule has 3 aromatic carbocycles. The van der Waals surface area contributed by atoms with Gasteiger partial charge in [0.2, 0.25) is 0 Å². The summed E-state index contributed by atoms with van der Waals surface area (Å²) in [4.78, 5) is 12.5. The second kappa shape index (κ2) is 19.5. The number of rotatable bonds is 18. The van der Waals surface area contributed by atoms with Crippen LogP contribution in [0, 0.1) is 0 Å². The lowest BCUT2D eigenvalue weighted by Gasteiger charge is -2.52. The largest absolute Gasteiger partial charge is 0.454 e. The molecule has 0 radical (unpaired) electrons. The highest BCUT2D eigenvalue weighted by molar-refractivity contribution is 5.66. The highest BCUT2D eigenvalue weighted by Crippen LogP contribution is 2.39. The van der Waals surface area contributed by atoms with Crippen LogP contribution < -0.4 is 0 Å². The minimum Gasteiger partial charge on any atom is -0.454 e. The fourth-order valence-electron chi connectivity index (χ4n) is 6.59. The predicted molar refractivity (Wildman–Crippen MR) is 189 cm³/mol. The first kappa shape index (κ1) is 39.7. The first-order chi connectivity index (χ1) is 25.3. The van der Waals surface area contributed by atoms with Gasteiger partial charge in [-0.15, -0.1) is 6.58 Å². The molecule has 2 heterocycles. The van der Waals surface area contributed by atoms with Gasteiger partial charge >= 0.3 is 5.97 Å². The van der Waals surface area contributed by atoms with Gasteiger partial charge in [0.1, 0.15) is 42.2 Å². The third-order valence-corrected chi connectivity index (χ3v) is 9.24. The van der Waals surface area contributed by atoms with Crippen molar-refractivity contribution in [2.24, 2.45) is 0 Å². The van der Waals surface area contributed by atoms with Gasteiger partial charge in [0.15, 0.2) is 18.7 Å². The molecule has 2 aliphatic rings. The molecule has 0 aromatic heterocycles. The molecular weight excluding hydrogens is 672 g/mol. The molecule has 12 heteroatoms. The van der Waals surface area contributed by atoms with E-state index in [9.17, 15) is 15.0 Å². The van der Waals surface area contributed by atoms with Crippen molar-refractivity contribution >= 4 is 5.97 Å². The van der Waals surface area contributed by atoms with Crippen molar-refractivity contribution < 1.29 is 57.6 Å². The van der Waals surface area contributed by atoms with Crippen LogP contribution in [0.25, 0.3) is 0 Å². The molecule has 52 heavy (non-hydrogen) atoms. The minimum absolute atomic E-state index is 0.0422. The average Bonchev–Trinajstić information content (AvgIpc) is 3.17. The molecule has 2 N–H and O–H groups in total. The minimum atomic E-state index is -1.52. The van der Waals surface area contributed by atoms with Crippen LogP contribution in [0.4, 0.5) is 0 Å². The molecule has 2 saturated heterocycles. The standard InChI is InChI=1S/C40H50O12/c1-5-40(21-22-41)37(43)34(44-3)36(49-27(2)42)39(52-40)51-32-31(26-46-23-28-15-9-6-10-16-28)50-38(45-4)35(48-25-30-19-13-8-14-20-30)33(32)47-24-29-17-11-7-12-18-29/h5-20,31-39,41,43H,1,21-26H2,2-4H3/t31-,32-,33+,34-,35-,36+,37+,38+,39-,40-/m1/s1. The van der Waals surface area contributed by atoms with Gasteiger partial charge in [-0.05, 0) is 16.7 Å². The summed E-state index contributed by atoms with van der Waals surface area (Å²) in [5.74, 6) is -0.646. The number of carbonyl (C=O) groups excluding carboxylic acids is 1. The zero-order chi connectivity index (χ0) is 36.9. The third-order valence-electron chi connectivity index (χ3n) is 9.24. The molecule has 0 saturated carbocycles. The first-order valence-electron chi connectivity index (χ1n) is 17.4. The average molecular weight is 723 g/mol. The zero-order valence-electron chi connectivity index (χ0n) is 29.9. The third kappa shape index (κ3) is 9.91. The van der Waals surface area contributed by atoms with E-state index in [1.54, 1.807) is 0 Å². The van der Waals surface area contributed by atoms with Gasteiger partial charge in [-0.3, -0.25) is 4.79 Å². The monoisotopic (exact) mass is 722 g/mol. The molecule has 12 nitrogen and oxygen atoms in total. The van der Waals surface area contributed by atoms with Crippen molar-refractivity contribution in [3.8, 4) is 0 Å². The van der Waals surface area contributed by atoms with E-state index in [4.69, 9.17) is 42.6 Å². The molecule has 0 unspecified atom stereocenters. The maximum absolute atomic E-state index is 12.5. The summed E-state index contributed by atoms with van der Waals surface area (Å²) in [5, 5.41) is 21.5. The van der Waals surface area contributed by atoms with E-state index >= 15 is 0 Å². The number of hydrogen-bond acceptors (Lipinski definition) is 12. The maximum Gasteiger partial charge on any atom is 0.303 e. The van der Waals surface area contributed by atoms with Crippen LogP contribution >= 0.6 is 0 Å². The van der Waals surface area contributed by atoms with Gasteiger partial charge in [0, 0.05) is 34.2 Å². The first-order valence-corrected chi connectivity index (χ1v) is 17.4. The molecule has 282 valence electrons. The smallest absolute Gasteiger partial charge is 0.303 e. The summed E-state index contributed by atoms with van der Waals surface area (Å²) < 4.78 is 56.6. The highest BCUT2D eigenvalue weighted by Gasteiger charge is 2.58. The number of ether oxygens (including phenoxy) is 9. The van der Waals surface area contributed by atoms with Crippen LogP contribution in [-0.4, -0.2) is 105 Å². The topological polar surface area (TPSA) is 141 Å². The molecule has 0 bridgehead atoms. The number of benzene rings is 3. The summed E-state index contributed by atoms with van der Waals surface area (Å²) >= 11 is 0. The fourth-order valence-corrected chi connectivity index (χ4v) is 6.59. The van der Waals surface area contributed by atoms with Crippen LogP contribution in [-0.2, 0) is 67.2 Å². The van der Waals surface area contributed by atoms with Gasteiger partial charge in [-0.2, -0.15) is 0 Å². The molecule has 3 aromatic rings. The second-order valence-corrected chi connectivity index (χ2v) is 12.7. The molecule has 0 aliphatic carbocycles. The summed E-state index contributed by atoms with van der Waals surface area (Å²) in [5.41, 5.74) is 1.27. The van der Waals surface area contributed by atoms with E-state index in [1.807, 2.05) is 91.0 Å². The molecule has 2 aliphatic heterocycles. The van der Waals surface area contributed by atoms with Crippen molar-refractivity contribution in [2.45, 2.75) is 94.1 Å². The van der Waals surface area contributed by atoms with Gasteiger partial charge in [-0.25, -0.2) is 0 Å². The highest BCUT2D eigenvalue weighted by atomic mass is 16.8. The van der Waals surface area contributed by atoms with E-state index in [1.165, 1.54) is 27.2 Å². The van der Waals surface area contributed by atoms with Crippen molar-refractivity contribution in [1.29, 1.82) is 0 Å². The Bertz CT molecular complexity index is 1490. The quantitative estimate of drug-likeness (QED) is 0.144. The van der Waals surface area contributed by atoms with E-state index < -0.39 is 66.9 Å². The molecule has 0 spiro atoms. The van der Waals surface area contributed by atoms with E-state index in [2.05, 4.69) is 6.58 Å². The van der Waals surface area contributed by atoms with Crippen molar-refractivity contribution in [2.75, 3.05) is 27.4 Å². The van der Waals surface area contributed by atoms with Crippen molar-refractivity contribution in [3.63, 3.8) is 0 Å². The Labute approximate surface area is 305 Å². The second-order valence-electron chi connectivity index (χ2n) is 12.7. The van der Waals surface area contributed by atoms with Crippen molar-refractivity contribution in [1.82, 2.24) is 0 Å². The summed E-state index contributed by atoms with van der Waals surface area (Å²) in [7, 11) is 2.91. The van der Waals surface area contributed by atoms with Gasteiger partial charge in [-0.1, -0.05) is 97.1 Å². The number of methoxy groups -OCH3 is 2. The molecule has 0 amide bonds. The number of carbonyl (C=O) groups is 1. The summed E-state index contributed by atoms with van der Waals surface area (Å²) in [6.07, 6.45) is -8.14.